The van der Waals surface area contributed by atoms with Gasteiger partial charge in [0, 0.05) is 11.7 Å². The molecule has 1 rings (SSSR count). The minimum Gasteiger partial charge on any atom is -0.314 e. The Bertz CT molecular complexity index is 510. The molecule has 0 saturated carbocycles. The van der Waals surface area contributed by atoms with Crippen LogP contribution in [0.3, 0.4) is 0 Å². The average Bonchev–Trinajstić information content (AvgIpc) is 2.29. The SMILES string of the molecule is Cc1ccc(NS(=O)(=O)CCCNC(C)C)cc1C. The van der Waals surface area contributed by atoms with Crippen LogP contribution in [0.5, 0.6) is 0 Å². The van der Waals surface area contributed by atoms with E-state index >= 15 is 0 Å². The summed E-state index contributed by atoms with van der Waals surface area (Å²) in [6.45, 7) is 8.78. The van der Waals surface area contributed by atoms with Gasteiger partial charge in [0.2, 0.25) is 10.0 Å². The highest BCUT2D eigenvalue weighted by Crippen LogP contribution is 2.15. The number of anilines is 1. The summed E-state index contributed by atoms with van der Waals surface area (Å²) < 4.78 is 26.4. The summed E-state index contributed by atoms with van der Waals surface area (Å²) in [7, 11) is -3.25. The molecule has 4 nitrogen and oxygen atoms in total. The Morgan fingerprint density at radius 3 is 2.42 bits per heavy atom. The molecule has 2 N–H and O–H groups in total. The molecular weight excluding hydrogens is 260 g/mol. The van der Waals surface area contributed by atoms with Crippen LogP contribution in [0.15, 0.2) is 18.2 Å². The van der Waals surface area contributed by atoms with E-state index in [0.29, 0.717) is 24.7 Å². The van der Waals surface area contributed by atoms with E-state index in [2.05, 4.69) is 10.0 Å². The highest BCUT2D eigenvalue weighted by atomic mass is 32.2. The highest BCUT2D eigenvalue weighted by Gasteiger charge is 2.10. The van der Waals surface area contributed by atoms with Crippen molar-refractivity contribution in [1.29, 1.82) is 0 Å². The first-order valence-electron chi connectivity index (χ1n) is 6.61. The summed E-state index contributed by atoms with van der Waals surface area (Å²) in [6.07, 6.45) is 0.609. The average molecular weight is 284 g/mol. The normalized spacial score (nSPS) is 11.8. The maximum atomic E-state index is 11.9. The molecule has 0 unspecified atom stereocenters. The van der Waals surface area contributed by atoms with Crippen molar-refractivity contribution >= 4 is 15.7 Å². The maximum absolute atomic E-state index is 11.9. The molecule has 19 heavy (non-hydrogen) atoms. The third-order valence-corrected chi connectivity index (χ3v) is 4.30. The molecule has 1 aromatic rings. The van der Waals surface area contributed by atoms with E-state index in [1.807, 2.05) is 39.8 Å². The number of sulfonamides is 1. The Hall–Kier alpha value is -1.07. The van der Waals surface area contributed by atoms with Gasteiger partial charge in [-0.2, -0.15) is 0 Å². The Labute approximate surface area is 116 Å². The summed E-state index contributed by atoms with van der Waals surface area (Å²) in [5, 5.41) is 3.21. The Morgan fingerprint density at radius 1 is 1.16 bits per heavy atom. The maximum Gasteiger partial charge on any atom is 0.232 e. The summed E-state index contributed by atoms with van der Waals surface area (Å²) in [4.78, 5) is 0. The molecule has 0 fully saturated rings. The fraction of sp³-hybridized carbons (Fsp3) is 0.571. The summed E-state index contributed by atoms with van der Waals surface area (Å²) in [6, 6.07) is 5.97. The predicted octanol–water partition coefficient (Wildman–Crippen LogP) is 2.43. The first-order valence-corrected chi connectivity index (χ1v) is 8.26. The van der Waals surface area contributed by atoms with Crippen molar-refractivity contribution in [3.8, 4) is 0 Å². The van der Waals surface area contributed by atoms with Crippen LogP contribution >= 0.6 is 0 Å². The standard InChI is InChI=1S/C14H24N2O2S/c1-11(2)15-8-5-9-19(17,18)16-14-7-6-12(3)13(4)10-14/h6-7,10-11,15-16H,5,8-9H2,1-4H3. The van der Waals surface area contributed by atoms with Crippen LogP contribution in [-0.4, -0.2) is 26.8 Å². The second kappa shape index (κ2) is 6.91. The van der Waals surface area contributed by atoms with E-state index in [0.717, 1.165) is 11.1 Å². The third-order valence-electron chi connectivity index (χ3n) is 2.92. The van der Waals surface area contributed by atoms with E-state index in [-0.39, 0.29) is 5.75 Å². The van der Waals surface area contributed by atoms with Crippen LogP contribution in [0.4, 0.5) is 5.69 Å². The van der Waals surface area contributed by atoms with Crippen molar-refractivity contribution < 1.29 is 8.42 Å². The van der Waals surface area contributed by atoms with Gasteiger partial charge in [0.1, 0.15) is 0 Å². The van der Waals surface area contributed by atoms with Gasteiger partial charge in [-0.1, -0.05) is 19.9 Å². The lowest BCUT2D eigenvalue weighted by atomic mass is 10.1. The first-order chi connectivity index (χ1) is 8.80. The lowest BCUT2D eigenvalue weighted by Crippen LogP contribution is -2.26. The van der Waals surface area contributed by atoms with E-state index in [9.17, 15) is 8.42 Å². The molecule has 0 aliphatic rings. The summed E-state index contributed by atoms with van der Waals surface area (Å²) in [5.74, 6) is 0.139. The molecule has 0 aliphatic carbocycles. The zero-order chi connectivity index (χ0) is 14.5. The molecule has 0 atom stereocenters. The molecule has 0 radical (unpaired) electrons. The van der Waals surface area contributed by atoms with Gasteiger partial charge in [0.25, 0.3) is 0 Å². The van der Waals surface area contributed by atoms with Gasteiger partial charge in [-0.15, -0.1) is 0 Å². The van der Waals surface area contributed by atoms with Crippen molar-refractivity contribution in [2.75, 3.05) is 17.0 Å². The molecule has 0 amide bonds. The van der Waals surface area contributed by atoms with Crippen LogP contribution in [0.25, 0.3) is 0 Å². The minimum atomic E-state index is -3.25. The minimum absolute atomic E-state index is 0.139. The van der Waals surface area contributed by atoms with Crippen LogP contribution in [-0.2, 0) is 10.0 Å². The Kier molecular flexibility index (Phi) is 5.82. The molecule has 0 saturated heterocycles. The predicted molar refractivity (Wildman–Crippen MR) is 81.1 cm³/mol. The van der Waals surface area contributed by atoms with Crippen LogP contribution in [0, 0.1) is 13.8 Å². The lowest BCUT2D eigenvalue weighted by molar-refractivity contribution is 0.571. The van der Waals surface area contributed by atoms with Crippen molar-refractivity contribution in [3.05, 3.63) is 29.3 Å². The highest BCUT2D eigenvalue weighted by molar-refractivity contribution is 7.92. The van der Waals surface area contributed by atoms with Gasteiger partial charge >= 0.3 is 0 Å². The molecule has 1 aromatic carbocycles. The van der Waals surface area contributed by atoms with Gasteiger partial charge < -0.3 is 5.32 Å². The van der Waals surface area contributed by atoms with Gasteiger partial charge in [0.15, 0.2) is 0 Å². The third kappa shape index (κ3) is 6.07. The quantitative estimate of drug-likeness (QED) is 0.756. The molecular formula is C14H24N2O2S. The molecule has 0 heterocycles. The molecule has 5 heteroatoms. The second-order valence-electron chi connectivity index (χ2n) is 5.18. The molecule has 0 aliphatic heterocycles. The number of benzene rings is 1. The van der Waals surface area contributed by atoms with Gasteiger partial charge in [-0.25, -0.2) is 8.42 Å². The van der Waals surface area contributed by atoms with Crippen molar-refractivity contribution in [3.63, 3.8) is 0 Å². The van der Waals surface area contributed by atoms with Gasteiger partial charge in [-0.3, -0.25) is 4.72 Å². The zero-order valence-electron chi connectivity index (χ0n) is 12.2. The van der Waals surface area contributed by atoms with Crippen molar-refractivity contribution in [2.45, 2.75) is 40.2 Å². The lowest BCUT2D eigenvalue weighted by Gasteiger charge is -2.11. The van der Waals surface area contributed by atoms with Gasteiger partial charge in [-0.05, 0) is 50.1 Å². The largest absolute Gasteiger partial charge is 0.314 e. The zero-order valence-corrected chi connectivity index (χ0v) is 13.0. The molecule has 108 valence electrons. The Balaban J connectivity index is 2.52. The smallest absolute Gasteiger partial charge is 0.232 e. The first kappa shape index (κ1) is 16.0. The second-order valence-corrected chi connectivity index (χ2v) is 7.02. The number of aryl methyl sites for hydroxylation is 2. The molecule has 0 aromatic heterocycles. The summed E-state index contributed by atoms with van der Waals surface area (Å²) >= 11 is 0. The number of hydrogen-bond acceptors (Lipinski definition) is 3. The topological polar surface area (TPSA) is 58.2 Å². The number of rotatable bonds is 7. The van der Waals surface area contributed by atoms with E-state index < -0.39 is 10.0 Å². The van der Waals surface area contributed by atoms with Crippen molar-refractivity contribution in [1.82, 2.24) is 5.32 Å². The number of nitrogens with one attached hydrogen (secondary N) is 2. The van der Waals surface area contributed by atoms with Crippen LogP contribution < -0.4 is 10.0 Å². The van der Waals surface area contributed by atoms with Crippen LogP contribution in [0.2, 0.25) is 0 Å². The Morgan fingerprint density at radius 2 is 1.84 bits per heavy atom. The molecule has 0 bridgehead atoms. The van der Waals surface area contributed by atoms with Gasteiger partial charge in [0.05, 0.1) is 5.75 Å². The fourth-order valence-electron chi connectivity index (χ4n) is 1.69. The van der Waals surface area contributed by atoms with Crippen molar-refractivity contribution in [2.24, 2.45) is 0 Å². The monoisotopic (exact) mass is 284 g/mol. The van der Waals surface area contributed by atoms with E-state index in [4.69, 9.17) is 0 Å². The van der Waals surface area contributed by atoms with E-state index in [1.165, 1.54) is 0 Å². The van der Waals surface area contributed by atoms with E-state index in [1.54, 1.807) is 6.07 Å². The van der Waals surface area contributed by atoms with Crippen LogP contribution in [0.1, 0.15) is 31.4 Å². The molecule has 0 spiro atoms. The number of hydrogen-bond donors (Lipinski definition) is 2. The summed E-state index contributed by atoms with van der Waals surface area (Å²) in [5.41, 5.74) is 2.88. The fourth-order valence-corrected chi connectivity index (χ4v) is 2.80.